The fraction of sp³-hybridized carbons (Fsp3) is 0.130. The quantitative estimate of drug-likeness (QED) is 0.312. The number of aromatic nitrogens is 3. The molecule has 4 aromatic rings. The first kappa shape index (κ1) is 19.3. The summed E-state index contributed by atoms with van der Waals surface area (Å²) < 4.78 is 16.5. The third kappa shape index (κ3) is 4.88. The van der Waals surface area contributed by atoms with Crippen molar-refractivity contribution < 1.29 is 18.8 Å². The number of rotatable bonds is 8. The molecule has 0 saturated heterocycles. The van der Waals surface area contributed by atoms with Gasteiger partial charge in [0.25, 0.3) is 0 Å². The molecular weight excluding hydrogens is 382 g/mol. The summed E-state index contributed by atoms with van der Waals surface area (Å²) in [5.41, 5.74) is 1.16. The van der Waals surface area contributed by atoms with Gasteiger partial charge >= 0.3 is 5.97 Å². The Balaban J connectivity index is 1.30. The van der Waals surface area contributed by atoms with Crippen LogP contribution in [0.15, 0.2) is 83.6 Å². The first-order valence-corrected chi connectivity index (χ1v) is 9.51. The number of carbonyl (C=O) groups is 1. The van der Waals surface area contributed by atoms with Crippen LogP contribution >= 0.6 is 0 Å². The van der Waals surface area contributed by atoms with Crippen LogP contribution < -0.4 is 4.74 Å². The van der Waals surface area contributed by atoms with Gasteiger partial charge in [-0.15, -0.1) is 0 Å². The second-order valence-corrected chi connectivity index (χ2v) is 6.40. The van der Waals surface area contributed by atoms with Crippen molar-refractivity contribution in [3.05, 3.63) is 90.6 Å². The van der Waals surface area contributed by atoms with E-state index in [-0.39, 0.29) is 6.61 Å². The molecule has 7 heteroatoms. The lowest BCUT2D eigenvalue weighted by Crippen LogP contribution is -2.08. The summed E-state index contributed by atoms with van der Waals surface area (Å²) in [6, 6.07) is 20.0. The van der Waals surface area contributed by atoms with Crippen molar-refractivity contribution in [1.29, 1.82) is 0 Å². The average molecular weight is 401 g/mol. The molecule has 7 nitrogen and oxygen atoms in total. The molecule has 2 aromatic heterocycles. The lowest BCUT2D eigenvalue weighted by atomic mass is 10.2. The molecule has 0 N–H and O–H groups in total. The molecule has 0 aliphatic carbocycles. The van der Waals surface area contributed by atoms with Gasteiger partial charge in [0.05, 0.1) is 6.61 Å². The number of nitrogens with zero attached hydrogens (tertiary/aromatic N) is 3. The highest BCUT2D eigenvalue weighted by molar-refractivity contribution is 5.92. The first-order chi connectivity index (χ1) is 14.8. The summed E-state index contributed by atoms with van der Waals surface area (Å²) in [7, 11) is 0. The second-order valence-electron chi connectivity index (χ2n) is 6.40. The van der Waals surface area contributed by atoms with Crippen LogP contribution in [-0.4, -0.2) is 27.7 Å². The first-order valence-electron chi connectivity index (χ1n) is 9.51. The van der Waals surface area contributed by atoms with Crippen LogP contribution in [0.1, 0.15) is 22.7 Å². The number of esters is 1. The molecule has 0 amide bonds. The highest BCUT2D eigenvalue weighted by Crippen LogP contribution is 2.25. The van der Waals surface area contributed by atoms with Gasteiger partial charge in [0.15, 0.2) is 0 Å². The maximum atomic E-state index is 12.5. The lowest BCUT2D eigenvalue weighted by molar-refractivity contribution is 0.0495. The Kier molecular flexibility index (Phi) is 6.10. The minimum absolute atomic E-state index is 0.225. The van der Waals surface area contributed by atoms with Gasteiger partial charge in [-0.3, -0.25) is 4.98 Å². The number of benzene rings is 2. The molecule has 0 spiro atoms. The van der Waals surface area contributed by atoms with Crippen molar-refractivity contribution in [2.45, 2.75) is 12.8 Å². The Bertz CT molecular complexity index is 1100. The molecule has 0 fully saturated rings. The number of ether oxygens (including phenoxy) is 2. The average Bonchev–Trinajstić information content (AvgIpc) is 3.27. The van der Waals surface area contributed by atoms with Crippen LogP contribution in [0.5, 0.6) is 11.5 Å². The summed E-state index contributed by atoms with van der Waals surface area (Å²) in [5, 5.41) is 3.95. The van der Waals surface area contributed by atoms with Crippen molar-refractivity contribution >= 4 is 5.97 Å². The zero-order valence-corrected chi connectivity index (χ0v) is 16.1. The van der Waals surface area contributed by atoms with Crippen LogP contribution in [0, 0.1) is 0 Å². The van der Waals surface area contributed by atoms with Gasteiger partial charge in [-0.05, 0) is 42.8 Å². The minimum atomic E-state index is -0.442. The monoisotopic (exact) mass is 401 g/mol. The fourth-order valence-corrected chi connectivity index (χ4v) is 2.77. The molecule has 4 rings (SSSR count). The van der Waals surface area contributed by atoms with Crippen LogP contribution in [0.4, 0.5) is 0 Å². The normalized spacial score (nSPS) is 10.5. The van der Waals surface area contributed by atoms with E-state index in [1.54, 1.807) is 30.6 Å². The van der Waals surface area contributed by atoms with E-state index < -0.39 is 5.97 Å². The van der Waals surface area contributed by atoms with Crippen LogP contribution in [-0.2, 0) is 11.2 Å². The zero-order valence-electron chi connectivity index (χ0n) is 16.1. The summed E-state index contributed by atoms with van der Waals surface area (Å²) in [6.07, 6.45) is 4.41. The lowest BCUT2D eigenvalue weighted by Gasteiger charge is -2.10. The maximum absolute atomic E-state index is 12.5. The highest BCUT2D eigenvalue weighted by Gasteiger charge is 2.15. The van der Waals surface area contributed by atoms with E-state index in [4.69, 9.17) is 14.0 Å². The molecule has 2 heterocycles. The van der Waals surface area contributed by atoms with Crippen molar-refractivity contribution in [3.8, 4) is 22.9 Å². The Hall–Kier alpha value is -4.00. The number of para-hydroxylation sites is 2. The summed E-state index contributed by atoms with van der Waals surface area (Å²) in [6.45, 7) is 0.225. The van der Waals surface area contributed by atoms with Gasteiger partial charge in [-0.25, -0.2) is 4.79 Å². The molecule has 30 heavy (non-hydrogen) atoms. The Morgan fingerprint density at radius 1 is 0.967 bits per heavy atom. The van der Waals surface area contributed by atoms with Crippen LogP contribution in [0.2, 0.25) is 0 Å². The largest absolute Gasteiger partial charge is 0.462 e. The molecule has 0 aliphatic heterocycles. The zero-order chi connectivity index (χ0) is 20.6. The molecule has 0 saturated carbocycles. The number of hydrogen-bond donors (Lipinski definition) is 0. The Labute approximate surface area is 173 Å². The van der Waals surface area contributed by atoms with Gasteiger partial charge in [0.1, 0.15) is 17.1 Å². The number of carbonyl (C=O) groups excluding carboxylic acids is 1. The summed E-state index contributed by atoms with van der Waals surface area (Å²) in [5.74, 6) is 1.63. The molecular formula is C23H19N3O4. The molecule has 0 radical (unpaired) electrons. The number of hydrogen-bond acceptors (Lipinski definition) is 7. The van der Waals surface area contributed by atoms with E-state index in [0.717, 1.165) is 5.56 Å². The van der Waals surface area contributed by atoms with Gasteiger partial charge in [-0.1, -0.05) is 35.5 Å². The van der Waals surface area contributed by atoms with E-state index in [1.165, 1.54) is 0 Å². The molecule has 2 aromatic carbocycles. The predicted octanol–water partition coefficient (Wildman–Crippen LogP) is 4.71. The van der Waals surface area contributed by atoms with E-state index in [9.17, 15) is 4.79 Å². The van der Waals surface area contributed by atoms with Crippen molar-refractivity contribution in [2.75, 3.05) is 6.61 Å². The van der Waals surface area contributed by atoms with Gasteiger partial charge in [-0.2, -0.15) is 4.98 Å². The van der Waals surface area contributed by atoms with E-state index in [1.807, 2.05) is 48.5 Å². The van der Waals surface area contributed by atoms with Crippen molar-refractivity contribution in [3.63, 3.8) is 0 Å². The van der Waals surface area contributed by atoms with Crippen molar-refractivity contribution in [1.82, 2.24) is 15.1 Å². The third-order valence-electron chi connectivity index (χ3n) is 4.23. The standard InChI is InChI=1S/C23H19N3O4/c27-23(19-11-4-5-12-20(19)29-18-9-2-1-3-10-18)28-15-7-13-21-25-22(26-30-21)17-8-6-14-24-16-17/h1-6,8-12,14,16H,7,13,15H2. The van der Waals surface area contributed by atoms with Gasteiger partial charge < -0.3 is 14.0 Å². The molecule has 0 atom stereocenters. The number of aryl methyl sites for hydroxylation is 1. The van der Waals surface area contributed by atoms with Crippen molar-refractivity contribution in [2.24, 2.45) is 0 Å². The van der Waals surface area contributed by atoms with E-state index in [0.29, 0.717) is 41.6 Å². The maximum Gasteiger partial charge on any atom is 0.341 e. The highest BCUT2D eigenvalue weighted by atomic mass is 16.5. The summed E-state index contributed by atoms with van der Waals surface area (Å²) in [4.78, 5) is 20.9. The smallest absolute Gasteiger partial charge is 0.341 e. The number of pyridine rings is 1. The molecule has 150 valence electrons. The van der Waals surface area contributed by atoms with E-state index >= 15 is 0 Å². The second kappa shape index (κ2) is 9.47. The molecule has 0 aliphatic rings. The molecule has 0 bridgehead atoms. The topological polar surface area (TPSA) is 87.3 Å². The summed E-state index contributed by atoms with van der Waals surface area (Å²) >= 11 is 0. The SMILES string of the molecule is O=C(OCCCc1nc(-c2cccnc2)no1)c1ccccc1Oc1ccccc1. The Morgan fingerprint density at radius 2 is 1.80 bits per heavy atom. The molecule has 0 unspecified atom stereocenters. The van der Waals surface area contributed by atoms with Gasteiger partial charge in [0, 0.05) is 24.4 Å². The predicted molar refractivity (Wildman–Crippen MR) is 109 cm³/mol. The van der Waals surface area contributed by atoms with Gasteiger partial charge in [0.2, 0.25) is 11.7 Å². The minimum Gasteiger partial charge on any atom is -0.462 e. The van der Waals surface area contributed by atoms with Crippen LogP contribution in [0.3, 0.4) is 0 Å². The van der Waals surface area contributed by atoms with E-state index in [2.05, 4.69) is 15.1 Å². The third-order valence-corrected chi connectivity index (χ3v) is 4.23. The van der Waals surface area contributed by atoms with Crippen LogP contribution in [0.25, 0.3) is 11.4 Å². The Morgan fingerprint density at radius 3 is 2.63 bits per heavy atom. The fourth-order valence-electron chi connectivity index (χ4n) is 2.77.